The van der Waals surface area contributed by atoms with Crippen molar-refractivity contribution in [2.24, 2.45) is 20.0 Å². The zero-order valence-electron chi connectivity index (χ0n) is 30.1. The van der Waals surface area contributed by atoms with Crippen LogP contribution >= 0.6 is 0 Å². The Balaban J connectivity index is 1.58. The van der Waals surface area contributed by atoms with Gasteiger partial charge >= 0.3 is 0 Å². The molecule has 0 amide bonds. The Morgan fingerprint density at radius 3 is 1.02 bits per heavy atom. The molecule has 0 spiro atoms. The van der Waals surface area contributed by atoms with Crippen molar-refractivity contribution in [2.75, 3.05) is 0 Å². The van der Waals surface area contributed by atoms with Crippen molar-refractivity contribution >= 4 is 23.1 Å². The number of hydrogen-bond donors (Lipinski definition) is 0. The van der Waals surface area contributed by atoms with E-state index in [9.17, 15) is 0 Å². The number of aliphatic imine (C=N–C) groups is 4. The lowest BCUT2D eigenvalue weighted by atomic mass is 9.62. The lowest BCUT2D eigenvalue weighted by Gasteiger charge is -2.44. The molecule has 0 bridgehead atoms. The first kappa shape index (κ1) is 33.2. The van der Waals surface area contributed by atoms with Gasteiger partial charge in [-0.05, 0) is 45.2 Å². The van der Waals surface area contributed by atoms with Crippen LogP contribution in [0.5, 0.6) is 0 Å². The van der Waals surface area contributed by atoms with Gasteiger partial charge in [-0.1, -0.05) is 198 Å². The van der Waals surface area contributed by atoms with E-state index in [-0.39, 0.29) is 11.8 Å². The number of rotatable bonds is 9. The van der Waals surface area contributed by atoms with Crippen LogP contribution in [-0.2, 0) is 11.1 Å². The first-order valence-electron chi connectivity index (χ1n) is 18.2. The van der Waals surface area contributed by atoms with Gasteiger partial charge in [-0.25, -0.2) is 20.0 Å². The molecule has 0 aliphatic carbocycles. The zero-order chi connectivity index (χ0) is 35.7. The summed E-state index contributed by atoms with van der Waals surface area (Å²) in [5.74, 6) is 1.94. The molecule has 2 aliphatic rings. The number of hydrogen-bond acceptors (Lipinski definition) is 4. The highest BCUT2D eigenvalue weighted by Gasteiger charge is 2.64. The maximum Gasteiger partial charge on any atom is 0.165 e. The van der Waals surface area contributed by atoms with Crippen LogP contribution in [-0.4, -0.2) is 23.1 Å². The van der Waals surface area contributed by atoms with E-state index < -0.39 is 11.1 Å². The van der Waals surface area contributed by atoms with Gasteiger partial charge in [-0.2, -0.15) is 0 Å². The summed E-state index contributed by atoms with van der Waals surface area (Å²) in [6.45, 7) is 8.91. The van der Waals surface area contributed by atoms with Crippen molar-refractivity contribution in [3.8, 4) is 0 Å². The van der Waals surface area contributed by atoms with E-state index in [0.29, 0.717) is 11.7 Å². The molecular formula is C48H42N4. The Kier molecular flexibility index (Phi) is 8.68. The molecule has 6 aromatic carbocycles. The maximum absolute atomic E-state index is 5.98. The normalized spacial score (nSPS) is 19.7. The molecule has 0 aromatic heterocycles. The van der Waals surface area contributed by atoms with Crippen molar-refractivity contribution in [3.05, 3.63) is 214 Å². The monoisotopic (exact) mass is 674 g/mol. The SMILES string of the molecule is CC(C)c1ccccc1C1=NC(c2ccccc2)(C2(c3ccccc3)N=C(c3ccccc3C(C)C)N=C2c2ccccc2)C(c2ccccc2)=N1. The topological polar surface area (TPSA) is 49.4 Å². The van der Waals surface area contributed by atoms with E-state index in [4.69, 9.17) is 20.0 Å². The van der Waals surface area contributed by atoms with Gasteiger partial charge < -0.3 is 0 Å². The molecule has 254 valence electrons. The summed E-state index contributed by atoms with van der Waals surface area (Å²) in [6, 6.07) is 59.4. The minimum Gasteiger partial charge on any atom is -0.245 e. The van der Waals surface area contributed by atoms with Crippen LogP contribution in [0, 0.1) is 0 Å². The molecule has 4 heteroatoms. The van der Waals surface area contributed by atoms with Crippen molar-refractivity contribution in [3.63, 3.8) is 0 Å². The molecule has 2 unspecified atom stereocenters. The summed E-state index contributed by atoms with van der Waals surface area (Å²) in [6.07, 6.45) is 0. The third-order valence-corrected chi connectivity index (χ3v) is 10.3. The van der Waals surface area contributed by atoms with Gasteiger partial charge in [-0.15, -0.1) is 0 Å². The van der Waals surface area contributed by atoms with Crippen LogP contribution < -0.4 is 0 Å². The Hall–Kier alpha value is -6.00. The van der Waals surface area contributed by atoms with E-state index in [2.05, 4.69) is 198 Å². The third kappa shape index (κ3) is 5.38. The Bertz CT molecular complexity index is 2170. The second kappa shape index (κ2) is 13.6. The Labute approximate surface area is 307 Å². The predicted molar refractivity (Wildman–Crippen MR) is 216 cm³/mol. The van der Waals surface area contributed by atoms with Crippen LogP contribution in [0.15, 0.2) is 190 Å². The molecule has 4 nitrogen and oxygen atoms in total. The van der Waals surface area contributed by atoms with Gasteiger partial charge in [0.15, 0.2) is 22.7 Å². The summed E-state index contributed by atoms with van der Waals surface area (Å²) in [4.78, 5) is 23.2. The van der Waals surface area contributed by atoms with Gasteiger partial charge in [0.2, 0.25) is 0 Å². The minimum absolute atomic E-state index is 0.272. The highest BCUT2D eigenvalue weighted by Crippen LogP contribution is 2.56. The van der Waals surface area contributed by atoms with Crippen LogP contribution in [0.1, 0.15) is 84.0 Å². The second-order valence-electron chi connectivity index (χ2n) is 14.2. The molecule has 0 N–H and O–H groups in total. The largest absolute Gasteiger partial charge is 0.245 e. The number of nitrogens with zero attached hydrogens (tertiary/aromatic N) is 4. The van der Waals surface area contributed by atoms with E-state index >= 15 is 0 Å². The molecule has 0 saturated carbocycles. The highest BCUT2D eigenvalue weighted by atomic mass is 15.2. The molecule has 2 heterocycles. The van der Waals surface area contributed by atoms with Crippen molar-refractivity contribution in [1.82, 2.24) is 0 Å². The van der Waals surface area contributed by atoms with Crippen LogP contribution in [0.3, 0.4) is 0 Å². The van der Waals surface area contributed by atoms with Crippen LogP contribution in [0.25, 0.3) is 0 Å². The standard InChI is InChI=1S/C48H42N4/c1-33(2)39-29-17-19-31-41(39)45-49-43(35-21-9-5-10-22-35)47(51-45,37-25-13-7-14-26-37)48(38-27-15-8-16-28-38)44(36-23-11-6-12-24-36)50-46(52-48)42-32-20-18-30-40(42)34(3)4/h5-34H,1-4H3. The van der Waals surface area contributed by atoms with Gasteiger partial charge in [0.25, 0.3) is 0 Å². The second-order valence-corrected chi connectivity index (χ2v) is 14.2. The first-order valence-corrected chi connectivity index (χ1v) is 18.2. The lowest BCUT2D eigenvalue weighted by molar-refractivity contribution is 0.420. The maximum atomic E-state index is 5.98. The van der Waals surface area contributed by atoms with Crippen molar-refractivity contribution in [2.45, 2.75) is 50.6 Å². The summed E-state index contributed by atoms with van der Waals surface area (Å²) in [5, 5.41) is 0. The summed E-state index contributed by atoms with van der Waals surface area (Å²) in [5.41, 5.74) is 7.75. The molecule has 2 atom stereocenters. The van der Waals surface area contributed by atoms with Gasteiger partial charge in [-0.3, -0.25) is 0 Å². The summed E-state index contributed by atoms with van der Waals surface area (Å²) < 4.78 is 0. The van der Waals surface area contributed by atoms with Crippen LogP contribution in [0.2, 0.25) is 0 Å². The Morgan fingerprint density at radius 2 is 0.673 bits per heavy atom. The number of amidine groups is 2. The molecule has 52 heavy (non-hydrogen) atoms. The van der Waals surface area contributed by atoms with E-state index in [1.165, 1.54) is 11.1 Å². The molecule has 2 aliphatic heterocycles. The van der Waals surface area contributed by atoms with E-state index in [0.717, 1.165) is 44.8 Å². The summed E-state index contributed by atoms with van der Waals surface area (Å²) >= 11 is 0. The fourth-order valence-electron chi connectivity index (χ4n) is 7.92. The lowest BCUT2D eigenvalue weighted by Crippen LogP contribution is -2.55. The summed E-state index contributed by atoms with van der Waals surface area (Å²) in [7, 11) is 0. The zero-order valence-corrected chi connectivity index (χ0v) is 30.1. The average molecular weight is 675 g/mol. The fourth-order valence-corrected chi connectivity index (χ4v) is 7.92. The highest BCUT2D eigenvalue weighted by molar-refractivity contribution is 6.29. The van der Waals surface area contributed by atoms with Gasteiger partial charge in [0.1, 0.15) is 0 Å². The molecule has 0 radical (unpaired) electrons. The molecule has 8 rings (SSSR count). The smallest absolute Gasteiger partial charge is 0.165 e. The van der Waals surface area contributed by atoms with Crippen LogP contribution in [0.4, 0.5) is 0 Å². The minimum atomic E-state index is -1.17. The fraction of sp³-hybridized carbons (Fsp3) is 0.167. The predicted octanol–water partition coefficient (Wildman–Crippen LogP) is 10.9. The van der Waals surface area contributed by atoms with Gasteiger partial charge in [0.05, 0.1) is 11.4 Å². The molecule has 0 saturated heterocycles. The van der Waals surface area contributed by atoms with E-state index in [1.807, 2.05) is 0 Å². The Morgan fingerprint density at radius 1 is 0.365 bits per heavy atom. The number of benzene rings is 6. The molecular weight excluding hydrogens is 633 g/mol. The van der Waals surface area contributed by atoms with E-state index in [1.54, 1.807) is 0 Å². The third-order valence-electron chi connectivity index (χ3n) is 10.3. The quantitative estimate of drug-likeness (QED) is 0.147. The first-order chi connectivity index (χ1) is 25.4. The molecule has 0 fully saturated rings. The van der Waals surface area contributed by atoms with Crippen molar-refractivity contribution in [1.29, 1.82) is 0 Å². The average Bonchev–Trinajstić information content (AvgIpc) is 3.81. The van der Waals surface area contributed by atoms with Crippen molar-refractivity contribution < 1.29 is 0 Å². The molecule has 6 aromatic rings. The van der Waals surface area contributed by atoms with Gasteiger partial charge in [0, 0.05) is 11.1 Å².